The molecule has 2 unspecified atom stereocenters. The molecule has 0 aromatic rings. The molecule has 1 amide bonds. The van der Waals surface area contributed by atoms with Crippen LogP contribution in [-0.4, -0.2) is 36.0 Å². The van der Waals surface area contributed by atoms with E-state index >= 15 is 0 Å². The Kier molecular flexibility index (Phi) is 5.96. The van der Waals surface area contributed by atoms with E-state index in [9.17, 15) is 4.79 Å². The van der Waals surface area contributed by atoms with E-state index in [1.807, 2.05) is 11.8 Å². The summed E-state index contributed by atoms with van der Waals surface area (Å²) in [4.78, 5) is 14.3. The predicted molar refractivity (Wildman–Crippen MR) is 71.9 cm³/mol. The molecule has 1 rings (SSSR count). The first-order valence-electron chi connectivity index (χ1n) is 7.11. The number of amides is 1. The molecule has 17 heavy (non-hydrogen) atoms. The second-order valence-electron chi connectivity index (χ2n) is 5.53. The molecule has 0 spiro atoms. The zero-order valence-electron chi connectivity index (χ0n) is 11.8. The summed E-state index contributed by atoms with van der Waals surface area (Å²) in [5.41, 5.74) is 0. The van der Waals surface area contributed by atoms with Gasteiger partial charge in [0.05, 0.1) is 6.04 Å². The molecule has 0 bridgehead atoms. The minimum atomic E-state index is -0.0413. The SMILES string of the molecule is CCC(NC(C)C(=O)N1CCCCC1)C(C)C. The Labute approximate surface area is 106 Å². The van der Waals surface area contributed by atoms with E-state index in [-0.39, 0.29) is 11.9 Å². The molecule has 100 valence electrons. The van der Waals surface area contributed by atoms with Crippen molar-refractivity contribution in [2.45, 2.75) is 65.5 Å². The lowest BCUT2D eigenvalue weighted by Gasteiger charge is -2.32. The van der Waals surface area contributed by atoms with Crippen LogP contribution in [0.5, 0.6) is 0 Å². The van der Waals surface area contributed by atoms with Crippen molar-refractivity contribution in [3.05, 3.63) is 0 Å². The van der Waals surface area contributed by atoms with Gasteiger partial charge < -0.3 is 10.2 Å². The molecule has 1 N–H and O–H groups in total. The van der Waals surface area contributed by atoms with Crippen LogP contribution in [0.1, 0.15) is 53.4 Å². The van der Waals surface area contributed by atoms with Gasteiger partial charge in [-0.1, -0.05) is 20.8 Å². The topological polar surface area (TPSA) is 32.3 Å². The molecule has 1 fully saturated rings. The maximum Gasteiger partial charge on any atom is 0.239 e. The highest BCUT2D eigenvalue weighted by Gasteiger charge is 2.24. The number of carbonyl (C=O) groups is 1. The summed E-state index contributed by atoms with van der Waals surface area (Å²) in [6.07, 6.45) is 4.68. The molecular weight excluding hydrogens is 212 g/mol. The molecular formula is C14H28N2O. The van der Waals surface area contributed by atoms with Crippen molar-refractivity contribution < 1.29 is 4.79 Å². The maximum atomic E-state index is 12.2. The van der Waals surface area contributed by atoms with Gasteiger partial charge in [0.25, 0.3) is 0 Å². The van der Waals surface area contributed by atoms with Gasteiger partial charge in [-0.15, -0.1) is 0 Å². The number of hydrogen-bond acceptors (Lipinski definition) is 2. The molecule has 0 radical (unpaired) electrons. The number of nitrogens with one attached hydrogen (secondary N) is 1. The molecule has 0 aliphatic carbocycles. The Balaban J connectivity index is 2.44. The maximum absolute atomic E-state index is 12.2. The summed E-state index contributed by atoms with van der Waals surface area (Å²) in [6, 6.07) is 0.402. The predicted octanol–water partition coefficient (Wildman–Crippen LogP) is 2.41. The van der Waals surface area contributed by atoms with Crippen LogP contribution < -0.4 is 5.32 Å². The third-order valence-corrected chi connectivity index (χ3v) is 3.75. The average Bonchev–Trinajstić information content (AvgIpc) is 2.35. The van der Waals surface area contributed by atoms with Crippen LogP contribution in [0, 0.1) is 5.92 Å². The molecule has 3 heteroatoms. The van der Waals surface area contributed by atoms with E-state index in [4.69, 9.17) is 0 Å². The second kappa shape index (κ2) is 7.00. The summed E-state index contributed by atoms with van der Waals surface area (Å²) in [5, 5.41) is 3.47. The summed E-state index contributed by atoms with van der Waals surface area (Å²) < 4.78 is 0. The summed E-state index contributed by atoms with van der Waals surface area (Å²) >= 11 is 0. The zero-order valence-corrected chi connectivity index (χ0v) is 11.8. The van der Waals surface area contributed by atoms with Gasteiger partial charge in [0.2, 0.25) is 5.91 Å². The van der Waals surface area contributed by atoms with E-state index in [0.717, 1.165) is 19.5 Å². The van der Waals surface area contributed by atoms with E-state index in [1.54, 1.807) is 0 Å². The fourth-order valence-corrected chi connectivity index (χ4v) is 2.56. The Bertz CT molecular complexity index is 234. The largest absolute Gasteiger partial charge is 0.341 e. The zero-order chi connectivity index (χ0) is 12.8. The molecule has 1 aliphatic heterocycles. The van der Waals surface area contributed by atoms with Gasteiger partial charge in [0.15, 0.2) is 0 Å². The van der Waals surface area contributed by atoms with E-state index in [0.29, 0.717) is 12.0 Å². The van der Waals surface area contributed by atoms with Crippen LogP contribution >= 0.6 is 0 Å². The minimum Gasteiger partial charge on any atom is -0.341 e. The normalized spacial score (nSPS) is 20.4. The van der Waals surface area contributed by atoms with Crippen LogP contribution in [0.4, 0.5) is 0 Å². The highest BCUT2D eigenvalue weighted by atomic mass is 16.2. The number of hydrogen-bond donors (Lipinski definition) is 1. The molecule has 1 heterocycles. The fourth-order valence-electron chi connectivity index (χ4n) is 2.56. The van der Waals surface area contributed by atoms with Crippen LogP contribution in [0.3, 0.4) is 0 Å². The van der Waals surface area contributed by atoms with Crippen molar-refractivity contribution in [3.8, 4) is 0 Å². The highest BCUT2D eigenvalue weighted by Crippen LogP contribution is 2.12. The monoisotopic (exact) mass is 240 g/mol. The lowest BCUT2D eigenvalue weighted by molar-refractivity contribution is -0.134. The first-order valence-corrected chi connectivity index (χ1v) is 7.11. The standard InChI is InChI=1S/C14H28N2O/c1-5-13(11(2)3)15-12(4)14(17)16-9-7-6-8-10-16/h11-13,15H,5-10H2,1-4H3. The van der Waals surface area contributed by atoms with Gasteiger partial charge in [-0.2, -0.15) is 0 Å². The molecule has 1 aliphatic rings. The second-order valence-corrected chi connectivity index (χ2v) is 5.53. The summed E-state index contributed by atoms with van der Waals surface area (Å²) in [6.45, 7) is 10.5. The molecule has 1 saturated heterocycles. The third kappa shape index (κ3) is 4.30. The molecule has 0 aromatic heterocycles. The van der Waals surface area contributed by atoms with Crippen LogP contribution in [-0.2, 0) is 4.79 Å². The van der Waals surface area contributed by atoms with Crippen LogP contribution in [0.2, 0.25) is 0 Å². The Morgan fingerprint density at radius 1 is 1.18 bits per heavy atom. The van der Waals surface area contributed by atoms with E-state index < -0.39 is 0 Å². The lowest BCUT2D eigenvalue weighted by atomic mass is 10.0. The minimum absolute atomic E-state index is 0.0413. The lowest BCUT2D eigenvalue weighted by Crippen LogP contribution is -2.50. The van der Waals surface area contributed by atoms with Crippen molar-refractivity contribution in [1.82, 2.24) is 10.2 Å². The highest BCUT2D eigenvalue weighted by molar-refractivity contribution is 5.81. The van der Waals surface area contributed by atoms with Crippen molar-refractivity contribution in [3.63, 3.8) is 0 Å². The Morgan fingerprint density at radius 2 is 1.76 bits per heavy atom. The molecule has 2 atom stereocenters. The number of likely N-dealkylation sites (tertiary alicyclic amines) is 1. The van der Waals surface area contributed by atoms with Crippen LogP contribution in [0.15, 0.2) is 0 Å². The van der Waals surface area contributed by atoms with Crippen molar-refractivity contribution in [1.29, 1.82) is 0 Å². The van der Waals surface area contributed by atoms with Crippen LogP contribution in [0.25, 0.3) is 0 Å². The van der Waals surface area contributed by atoms with Gasteiger partial charge in [0, 0.05) is 19.1 Å². The smallest absolute Gasteiger partial charge is 0.239 e. The number of carbonyl (C=O) groups excluding carboxylic acids is 1. The molecule has 0 saturated carbocycles. The quantitative estimate of drug-likeness (QED) is 0.800. The third-order valence-electron chi connectivity index (χ3n) is 3.75. The van der Waals surface area contributed by atoms with Crippen molar-refractivity contribution >= 4 is 5.91 Å². The first-order chi connectivity index (χ1) is 8.06. The van der Waals surface area contributed by atoms with Gasteiger partial charge in [0.1, 0.15) is 0 Å². The Morgan fingerprint density at radius 3 is 2.24 bits per heavy atom. The van der Waals surface area contributed by atoms with E-state index in [2.05, 4.69) is 26.1 Å². The molecule has 0 aromatic carbocycles. The first kappa shape index (κ1) is 14.5. The van der Waals surface area contributed by atoms with Crippen molar-refractivity contribution in [2.24, 2.45) is 5.92 Å². The van der Waals surface area contributed by atoms with Crippen molar-refractivity contribution in [2.75, 3.05) is 13.1 Å². The summed E-state index contributed by atoms with van der Waals surface area (Å²) in [5.74, 6) is 0.861. The van der Waals surface area contributed by atoms with Gasteiger partial charge >= 0.3 is 0 Å². The fraction of sp³-hybridized carbons (Fsp3) is 0.929. The van der Waals surface area contributed by atoms with E-state index in [1.165, 1.54) is 19.3 Å². The Hall–Kier alpha value is -0.570. The molecule has 3 nitrogen and oxygen atoms in total. The summed E-state index contributed by atoms with van der Waals surface area (Å²) in [7, 11) is 0. The van der Waals surface area contributed by atoms with Gasteiger partial charge in [-0.25, -0.2) is 0 Å². The average molecular weight is 240 g/mol. The number of rotatable bonds is 5. The van der Waals surface area contributed by atoms with Gasteiger partial charge in [-0.05, 0) is 38.5 Å². The number of nitrogens with zero attached hydrogens (tertiary/aromatic N) is 1. The van der Waals surface area contributed by atoms with Gasteiger partial charge in [-0.3, -0.25) is 4.79 Å². The number of piperidine rings is 1.